The molecule has 2 fully saturated rings. The van der Waals surface area contributed by atoms with Crippen molar-refractivity contribution in [2.24, 2.45) is 0 Å². The Bertz CT molecular complexity index is 493. The maximum Gasteiger partial charge on any atom is 0.494 e. The third-order valence-electron chi connectivity index (χ3n) is 4.57. The van der Waals surface area contributed by atoms with Crippen LogP contribution in [0.4, 0.5) is 0 Å². The number of rotatable bonds is 2. The molecule has 0 bridgehead atoms. The Morgan fingerprint density at radius 1 is 1.11 bits per heavy atom. The normalized spacial score (nSPS) is 24.8. The quantitative estimate of drug-likeness (QED) is 0.774. The monoisotopic (exact) mass is 322 g/mol. The minimum absolute atomic E-state index is 0.269. The van der Waals surface area contributed by atoms with Gasteiger partial charge in [-0.05, 0) is 63.5 Å². The fourth-order valence-corrected chi connectivity index (χ4v) is 3.11. The molecule has 0 N–H and O–H groups in total. The minimum atomic E-state index is -0.278. The molecule has 19 heavy (non-hydrogen) atoms. The van der Waals surface area contributed by atoms with Crippen LogP contribution in [-0.4, -0.2) is 18.3 Å². The second-order valence-corrected chi connectivity index (χ2v) is 7.50. The Balaban J connectivity index is 1.86. The first-order valence-corrected chi connectivity index (χ1v) is 7.74. The lowest BCUT2D eigenvalue weighted by Gasteiger charge is -2.32. The van der Waals surface area contributed by atoms with Crippen molar-refractivity contribution < 1.29 is 9.31 Å². The molecule has 102 valence electrons. The molecule has 0 radical (unpaired) electrons. The fourth-order valence-electron chi connectivity index (χ4n) is 2.39. The van der Waals surface area contributed by atoms with E-state index in [0.717, 1.165) is 11.4 Å². The number of hydrogen-bond donors (Lipinski definition) is 0. The van der Waals surface area contributed by atoms with E-state index in [2.05, 4.69) is 61.8 Å². The molecule has 0 spiro atoms. The first kappa shape index (κ1) is 13.7. The van der Waals surface area contributed by atoms with Gasteiger partial charge in [0, 0.05) is 4.47 Å². The highest BCUT2D eigenvalue weighted by molar-refractivity contribution is 9.10. The van der Waals surface area contributed by atoms with Crippen LogP contribution < -0.4 is 5.46 Å². The summed E-state index contributed by atoms with van der Waals surface area (Å²) in [6.07, 6.45) is 2.63. The first-order valence-electron chi connectivity index (χ1n) is 6.95. The molecule has 1 aliphatic heterocycles. The largest absolute Gasteiger partial charge is 0.494 e. The van der Waals surface area contributed by atoms with Gasteiger partial charge in [-0.25, -0.2) is 0 Å². The summed E-state index contributed by atoms with van der Waals surface area (Å²) < 4.78 is 13.3. The standard InChI is InChI=1S/C15H20BBrO2/c1-14(2)15(3,4)19-16(18-14)11-7-8-12(10-5-6-10)13(17)9-11/h7-10H,5-6H2,1-4H3. The van der Waals surface area contributed by atoms with Crippen LogP contribution in [0.1, 0.15) is 52.0 Å². The Hall–Kier alpha value is -0.315. The Kier molecular flexibility index (Phi) is 3.12. The highest BCUT2D eigenvalue weighted by Gasteiger charge is 2.51. The van der Waals surface area contributed by atoms with E-state index in [4.69, 9.17) is 9.31 Å². The van der Waals surface area contributed by atoms with Crippen LogP contribution in [0.3, 0.4) is 0 Å². The van der Waals surface area contributed by atoms with Crippen LogP contribution in [0.5, 0.6) is 0 Å². The van der Waals surface area contributed by atoms with E-state index in [1.54, 1.807) is 0 Å². The van der Waals surface area contributed by atoms with Crippen LogP contribution >= 0.6 is 15.9 Å². The molecule has 3 rings (SSSR count). The molecule has 0 atom stereocenters. The summed E-state index contributed by atoms with van der Waals surface area (Å²) in [5, 5.41) is 0. The van der Waals surface area contributed by atoms with Crippen molar-refractivity contribution in [3.05, 3.63) is 28.2 Å². The topological polar surface area (TPSA) is 18.5 Å². The highest BCUT2D eigenvalue weighted by Crippen LogP contribution is 2.43. The molecular formula is C15H20BBrO2. The van der Waals surface area contributed by atoms with Gasteiger partial charge in [0.05, 0.1) is 11.2 Å². The number of halogens is 1. The van der Waals surface area contributed by atoms with Gasteiger partial charge in [0.25, 0.3) is 0 Å². The molecule has 1 saturated heterocycles. The molecule has 2 aliphatic rings. The summed E-state index contributed by atoms with van der Waals surface area (Å²) in [6, 6.07) is 6.50. The summed E-state index contributed by atoms with van der Waals surface area (Å²) in [5.41, 5.74) is 1.95. The maximum atomic E-state index is 6.08. The van der Waals surface area contributed by atoms with Gasteiger partial charge in [-0.3, -0.25) is 0 Å². The maximum absolute atomic E-state index is 6.08. The van der Waals surface area contributed by atoms with Gasteiger partial charge in [0.2, 0.25) is 0 Å². The lowest BCUT2D eigenvalue weighted by atomic mass is 9.78. The Labute approximate surface area is 124 Å². The lowest BCUT2D eigenvalue weighted by molar-refractivity contribution is 0.00578. The van der Waals surface area contributed by atoms with Gasteiger partial charge in [-0.1, -0.05) is 28.1 Å². The molecule has 1 aliphatic carbocycles. The van der Waals surface area contributed by atoms with E-state index >= 15 is 0 Å². The summed E-state index contributed by atoms with van der Waals surface area (Å²) >= 11 is 3.68. The second kappa shape index (κ2) is 4.34. The smallest absolute Gasteiger partial charge is 0.399 e. The SMILES string of the molecule is CC1(C)OB(c2ccc(C3CC3)c(Br)c2)OC1(C)C. The van der Waals surface area contributed by atoms with Crippen LogP contribution in [0, 0.1) is 0 Å². The molecule has 2 nitrogen and oxygen atoms in total. The summed E-state index contributed by atoms with van der Waals surface area (Å²) in [6.45, 7) is 8.34. The Morgan fingerprint density at radius 3 is 2.16 bits per heavy atom. The molecule has 4 heteroatoms. The molecule has 1 heterocycles. The number of benzene rings is 1. The molecule has 0 amide bonds. The number of hydrogen-bond acceptors (Lipinski definition) is 2. The third-order valence-corrected chi connectivity index (χ3v) is 5.25. The van der Waals surface area contributed by atoms with Crippen LogP contribution in [0.25, 0.3) is 0 Å². The van der Waals surface area contributed by atoms with Crippen molar-refractivity contribution in [2.45, 2.75) is 57.7 Å². The van der Waals surface area contributed by atoms with E-state index in [0.29, 0.717) is 0 Å². The molecule has 0 aromatic heterocycles. The van der Waals surface area contributed by atoms with Crippen LogP contribution in [0.2, 0.25) is 0 Å². The second-order valence-electron chi connectivity index (χ2n) is 6.64. The summed E-state index contributed by atoms with van der Waals surface area (Å²) in [4.78, 5) is 0. The zero-order valence-corrected chi connectivity index (χ0v) is 13.6. The summed E-state index contributed by atoms with van der Waals surface area (Å²) in [7, 11) is -0.269. The van der Waals surface area contributed by atoms with Crippen molar-refractivity contribution in [2.75, 3.05) is 0 Å². The fraction of sp³-hybridized carbons (Fsp3) is 0.600. The zero-order chi connectivity index (χ0) is 13.8. The molecule has 1 aromatic rings. The molecule has 0 unspecified atom stereocenters. The zero-order valence-electron chi connectivity index (χ0n) is 12.0. The average molecular weight is 323 g/mol. The highest BCUT2D eigenvalue weighted by atomic mass is 79.9. The molecule has 1 aromatic carbocycles. The van der Waals surface area contributed by atoms with Crippen molar-refractivity contribution in [1.82, 2.24) is 0 Å². The van der Waals surface area contributed by atoms with Crippen LogP contribution in [-0.2, 0) is 9.31 Å². The Morgan fingerprint density at radius 2 is 1.68 bits per heavy atom. The van der Waals surface area contributed by atoms with Gasteiger partial charge in [-0.15, -0.1) is 0 Å². The molecular weight excluding hydrogens is 303 g/mol. The van der Waals surface area contributed by atoms with Gasteiger partial charge in [-0.2, -0.15) is 0 Å². The van der Waals surface area contributed by atoms with E-state index in [-0.39, 0.29) is 18.3 Å². The van der Waals surface area contributed by atoms with E-state index in [1.807, 2.05) is 0 Å². The van der Waals surface area contributed by atoms with Crippen molar-refractivity contribution in [1.29, 1.82) is 0 Å². The average Bonchev–Trinajstić information content (AvgIpc) is 3.07. The van der Waals surface area contributed by atoms with E-state index in [1.165, 1.54) is 22.9 Å². The van der Waals surface area contributed by atoms with Gasteiger partial charge >= 0.3 is 7.12 Å². The van der Waals surface area contributed by atoms with Crippen molar-refractivity contribution in [3.8, 4) is 0 Å². The molecule has 1 saturated carbocycles. The van der Waals surface area contributed by atoms with Gasteiger partial charge in [0.15, 0.2) is 0 Å². The first-order chi connectivity index (χ1) is 8.80. The van der Waals surface area contributed by atoms with Crippen molar-refractivity contribution in [3.63, 3.8) is 0 Å². The van der Waals surface area contributed by atoms with Crippen molar-refractivity contribution >= 4 is 28.5 Å². The predicted molar refractivity (Wildman–Crippen MR) is 81.8 cm³/mol. The van der Waals surface area contributed by atoms with E-state index in [9.17, 15) is 0 Å². The lowest BCUT2D eigenvalue weighted by Crippen LogP contribution is -2.41. The van der Waals surface area contributed by atoms with E-state index < -0.39 is 0 Å². The third kappa shape index (κ3) is 2.39. The minimum Gasteiger partial charge on any atom is -0.399 e. The van der Waals surface area contributed by atoms with Gasteiger partial charge in [0.1, 0.15) is 0 Å². The van der Waals surface area contributed by atoms with Gasteiger partial charge < -0.3 is 9.31 Å². The van der Waals surface area contributed by atoms with Crippen LogP contribution in [0.15, 0.2) is 22.7 Å². The summed E-state index contributed by atoms with van der Waals surface area (Å²) in [5.74, 6) is 0.752. The predicted octanol–water partition coefficient (Wildman–Crippen LogP) is 3.63.